The molecule has 0 saturated carbocycles. The number of sulfonamides is 1. The van der Waals surface area contributed by atoms with Gasteiger partial charge in [-0.3, -0.25) is 0 Å². The van der Waals surface area contributed by atoms with E-state index in [1.165, 1.54) is 0 Å². The van der Waals surface area contributed by atoms with E-state index < -0.39 is 21.5 Å². The van der Waals surface area contributed by atoms with Gasteiger partial charge in [0, 0.05) is 12.0 Å². The second-order valence-electron chi connectivity index (χ2n) is 8.54. The molecule has 1 saturated heterocycles. The Hall–Kier alpha value is -2.73. The van der Waals surface area contributed by atoms with Gasteiger partial charge in [-0.05, 0) is 47.7 Å². The van der Waals surface area contributed by atoms with Crippen LogP contribution in [0.5, 0.6) is 0 Å². The van der Waals surface area contributed by atoms with Gasteiger partial charge in [-0.2, -0.15) is 4.31 Å². The predicted molar refractivity (Wildman–Crippen MR) is 122 cm³/mol. The zero-order chi connectivity index (χ0) is 21.6. The summed E-state index contributed by atoms with van der Waals surface area (Å²) in [6, 6.07) is 24.3. The van der Waals surface area contributed by atoms with Crippen LogP contribution in [0.4, 0.5) is 0 Å². The molecule has 5 heteroatoms. The number of aliphatic hydroxyl groups excluding tert-OH is 1. The van der Waals surface area contributed by atoms with E-state index in [9.17, 15) is 13.5 Å². The van der Waals surface area contributed by atoms with Crippen molar-refractivity contribution >= 4 is 16.1 Å². The molecule has 2 aliphatic rings. The molecule has 0 bridgehead atoms. The van der Waals surface area contributed by atoms with Crippen LogP contribution in [-0.2, 0) is 16.4 Å². The van der Waals surface area contributed by atoms with Crippen LogP contribution < -0.4 is 0 Å². The van der Waals surface area contributed by atoms with E-state index in [4.69, 9.17) is 0 Å². The number of nitrogens with zero attached hydrogens (tertiary/aromatic N) is 1. The molecular formula is C26H25NO3S. The number of hydrogen-bond donors (Lipinski definition) is 1. The van der Waals surface area contributed by atoms with Crippen molar-refractivity contribution in [3.05, 3.63) is 107 Å². The van der Waals surface area contributed by atoms with Crippen molar-refractivity contribution in [3.8, 4) is 0 Å². The molecule has 1 N–H and O–H groups in total. The minimum Gasteiger partial charge on any atom is -0.395 e. The van der Waals surface area contributed by atoms with Gasteiger partial charge in [0.2, 0.25) is 10.0 Å². The molecule has 4 nitrogen and oxygen atoms in total. The molecule has 1 aliphatic carbocycles. The molecule has 31 heavy (non-hydrogen) atoms. The van der Waals surface area contributed by atoms with E-state index in [1.807, 2.05) is 61.5 Å². The normalized spacial score (nSPS) is 23.2. The van der Waals surface area contributed by atoms with Crippen LogP contribution in [0.3, 0.4) is 0 Å². The van der Waals surface area contributed by atoms with Crippen molar-refractivity contribution in [2.24, 2.45) is 5.41 Å². The van der Waals surface area contributed by atoms with Crippen molar-refractivity contribution in [2.45, 2.75) is 24.3 Å². The molecule has 1 aliphatic heterocycles. The van der Waals surface area contributed by atoms with Crippen LogP contribution in [-0.4, -0.2) is 31.0 Å². The van der Waals surface area contributed by atoms with Gasteiger partial charge in [-0.25, -0.2) is 8.42 Å². The topological polar surface area (TPSA) is 57.6 Å². The highest BCUT2D eigenvalue weighted by Crippen LogP contribution is 2.56. The summed E-state index contributed by atoms with van der Waals surface area (Å²) in [5.74, 6) is 0. The van der Waals surface area contributed by atoms with Crippen LogP contribution in [0, 0.1) is 12.3 Å². The number of rotatable bonds is 4. The van der Waals surface area contributed by atoms with Crippen molar-refractivity contribution in [1.82, 2.24) is 4.31 Å². The first-order chi connectivity index (χ1) is 15.0. The maximum atomic E-state index is 13.8. The maximum absolute atomic E-state index is 13.8. The third kappa shape index (κ3) is 3.16. The van der Waals surface area contributed by atoms with Gasteiger partial charge in [0.1, 0.15) is 0 Å². The fourth-order valence-electron chi connectivity index (χ4n) is 5.06. The number of fused-ring (bicyclic) bond motifs is 2. The molecule has 5 rings (SSSR count). The average Bonchev–Trinajstić information content (AvgIpc) is 3.13. The van der Waals surface area contributed by atoms with Crippen LogP contribution in [0.15, 0.2) is 89.3 Å². The first kappa shape index (κ1) is 20.2. The fourth-order valence-corrected chi connectivity index (χ4v) is 6.73. The lowest BCUT2D eigenvalue weighted by Crippen LogP contribution is -2.40. The number of hydrogen-bond acceptors (Lipinski definition) is 3. The molecule has 0 radical (unpaired) electrons. The van der Waals surface area contributed by atoms with Crippen molar-refractivity contribution in [2.75, 3.05) is 13.2 Å². The summed E-state index contributed by atoms with van der Waals surface area (Å²) in [6.07, 6.45) is 2.68. The van der Waals surface area contributed by atoms with Crippen LogP contribution >= 0.6 is 0 Å². The maximum Gasteiger partial charge on any atom is 0.243 e. The summed E-state index contributed by atoms with van der Waals surface area (Å²) < 4.78 is 29.2. The summed E-state index contributed by atoms with van der Waals surface area (Å²) in [4.78, 5) is 0.281. The smallest absolute Gasteiger partial charge is 0.243 e. The van der Waals surface area contributed by atoms with E-state index in [2.05, 4.69) is 18.2 Å². The van der Waals surface area contributed by atoms with E-state index in [-0.39, 0.29) is 18.0 Å². The summed E-state index contributed by atoms with van der Waals surface area (Å²) in [6.45, 7) is 2.09. The molecule has 1 fully saturated rings. The Bertz CT molecular complexity index is 1250. The molecule has 158 valence electrons. The first-order valence-electron chi connectivity index (χ1n) is 10.5. The Labute approximate surface area is 183 Å². The SMILES string of the molecule is Cc1ccc(S(=O)(=O)N2CC3=Cc4ccccc4C[C@]3(CO)[C@@H]2c2ccccc2)cc1. The number of benzene rings is 3. The zero-order valence-corrected chi connectivity index (χ0v) is 18.2. The van der Waals surface area contributed by atoms with Gasteiger partial charge < -0.3 is 5.11 Å². The Morgan fingerprint density at radius 2 is 1.65 bits per heavy atom. The Balaban J connectivity index is 1.70. The Morgan fingerprint density at radius 1 is 0.968 bits per heavy atom. The predicted octanol–water partition coefficient (Wildman–Crippen LogP) is 4.36. The van der Waals surface area contributed by atoms with Crippen LogP contribution in [0.1, 0.15) is 28.3 Å². The van der Waals surface area contributed by atoms with E-state index in [0.29, 0.717) is 6.42 Å². The second kappa shape index (κ2) is 7.45. The lowest BCUT2D eigenvalue weighted by atomic mass is 9.67. The quantitative estimate of drug-likeness (QED) is 0.668. The van der Waals surface area contributed by atoms with Gasteiger partial charge in [0.15, 0.2) is 0 Å². The highest BCUT2D eigenvalue weighted by molar-refractivity contribution is 7.89. The lowest BCUT2D eigenvalue weighted by Gasteiger charge is -2.39. The molecular weight excluding hydrogens is 406 g/mol. The van der Waals surface area contributed by atoms with Crippen molar-refractivity contribution in [3.63, 3.8) is 0 Å². The van der Waals surface area contributed by atoms with E-state index in [1.54, 1.807) is 16.4 Å². The Morgan fingerprint density at radius 3 is 2.35 bits per heavy atom. The standard InChI is InChI=1S/C26H25NO3S/c1-19-11-13-24(14-12-19)31(29,30)27-17-23-15-21-9-5-6-10-22(21)16-26(23,18-28)25(27)20-7-3-2-4-8-20/h2-15,25,28H,16-18H2,1H3/t25-,26+/m0/s1. The lowest BCUT2D eigenvalue weighted by molar-refractivity contribution is 0.118. The highest BCUT2D eigenvalue weighted by atomic mass is 32.2. The van der Waals surface area contributed by atoms with Gasteiger partial charge in [-0.15, -0.1) is 0 Å². The van der Waals surface area contributed by atoms with Crippen molar-refractivity contribution in [1.29, 1.82) is 0 Å². The zero-order valence-electron chi connectivity index (χ0n) is 17.4. The monoisotopic (exact) mass is 431 g/mol. The number of aliphatic hydroxyl groups is 1. The summed E-state index contributed by atoms with van der Waals surface area (Å²) >= 11 is 0. The average molecular weight is 432 g/mol. The molecule has 3 aromatic rings. The summed E-state index contributed by atoms with van der Waals surface area (Å²) in [5.41, 5.74) is 4.43. The highest BCUT2D eigenvalue weighted by Gasteiger charge is 2.56. The Kier molecular flexibility index (Phi) is 4.85. The largest absolute Gasteiger partial charge is 0.395 e. The van der Waals surface area contributed by atoms with E-state index in [0.717, 1.165) is 27.8 Å². The van der Waals surface area contributed by atoms with Gasteiger partial charge in [-0.1, -0.05) is 78.4 Å². The molecule has 0 spiro atoms. The second-order valence-corrected chi connectivity index (χ2v) is 10.4. The molecule has 0 aromatic heterocycles. The molecule has 0 amide bonds. The summed E-state index contributed by atoms with van der Waals surface area (Å²) in [7, 11) is -3.77. The third-order valence-corrected chi connectivity index (χ3v) is 8.52. The molecule has 3 aromatic carbocycles. The van der Waals surface area contributed by atoms with Gasteiger partial charge in [0.05, 0.1) is 17.5 Å². The minimum atomic E-state index is -3.77. The molecule has 0 unspecified atom stereocenters. The fraction of sp³-hybridized carbons (Fsp3) is 0.231. The minimum absolute atomic E-state index is 0.118. The molecule has 1 heterocycles. The number of aryl methyl sites for hydroxylation is 1. The van der Waals surface area contributed by atoms with Gasteiger partial charge in [0.25, 0.3) is 0 Å². The summed E-state index contributed by atoms with van der Waals surface area (Å²) in [5, 5.41) is 10.7. The molecule has 2 atom stereocenters. The van der Waals surface area contributed by atoms with Crippen molar-refractivity contribution < 1.29 is 13.5 Å². The van der Waals surface area contributed by atoms with Crippen LogP contribution in [0.25, 0.3) is 6.08 Å². The van der Waals surface area contributed by atoms with Gasteiger partial charge >= 0.3 is 0 Å². The van der Waals surface area contributed by atoms with E-state index >= 15 is 0 Å². The first-order valence-corrected chi connectivity index (χ1v) is 11.9. The third-order valence-electron chi connectivity index (χ3n) is 6.69. The van der Waals surface area contributed by atoms with Crippen LogP contribution in [0.2, 0.25) is 0 Å².